The average Bonchev–Trinajstić information content (AvgIpc) is 2.38. The van der Waals surface area contributed by atoms with Gasteiger partial charge in [0.15, 0.2) is 0 Å². The predicted octanol–water partition coefficient (Wildman–Crippen LogP) is 2.27. The van der Waals surface area contributed by atoms with E-state index in [0.29, 0.717) is 0 Å². The molecule has 0 saturated carbocycles. The van der Waals surface area contributed by atoms with Crippen LogP contribution < -0.4 is 5.32 Å². The molecular weight excluding hydrogens is 214 g/mol. The van der Waals surface area contributed by atoms with Crippen molar-refractivity contribution in [2.75, 3.05) is 6.61 Å². The Labute approximate surface area is 103 Å². The summed E-state index contributed by atoms with van der Waals surface area (Å²) in [5.74, 6) is 0.0608. The normalized spacial score (nSPS) is 12.5. The lowest BCUT2D eigenvalue weighted by atomic mass is 10.0. The highest BCUT2D eigenvalue weighted by Gasteiger charge is 2.18. The van der Waals surface area contributed by atoms with Gasteiger partial charge in [0, 0.05) is 5.92 Å². The van der Waals surface area contributed by atoms with Gasteiger partial charge in [0.2, 0.25) is 5.91 Å². The molecule has 1 aromatic rings. The molecule has 1 aromatic carbocycles. The fourth-order valence-electron chi connectivity index (χ4n) is 1.87. The van der Waals surface area contributed by atoms with Crippen LogP contribution in [0, 0.1) is 5.92 Å². The summed E-state index contributed by atoms with van der Waals surface area (Å²) in [6, 6.07) is 9.25. The Balaban J connectivity index is 2.68. The predicted molar refractivity (Wildman–Crippen MR) is 68.5 cm³/mol. The third-order valence-corrected chi connectivity index (χ3v) is 3.06. The lowest BCUT2D eigenvalue weighted by Gasteiger charge is -2.20. The molecule has 0 unspecified atom stereocenters. The molecule has 0 bridgehead atoms. The first-order chi connectivity index (χ1) is 8.22. The van der Waals surface area contributed by atoms with E-state index in [1.807, 2.05) is 44.2 Å². The fraction of sp³-hybridized carbons (Fsp3) is 0.500. The zero-order valence-electron chi connectivity index (χ0n) is 10.5. The number of hydrogen-bond acceptors (Lipinski definition) is 2. The van der Waals surface area contributed by atoms with E-state index in [1.54, 1.807) is 0 Å². The Morgan fingerprint density at radius 1 is 1.24 bits per heavy atom. The monoisotopic (exact) mass is 235 g/mol. The van der Waals surface area contributed by atoms with E-state index < -0.39 is 0 Å². The van der Waals surface area contributed by atoms with E-state index in [0.717, 1.165) is 18.4 Å². The maximum Gasteiger partial charge on any atom is 0.223 e. The molecule has 0 radical (unpaired) electrons. The third kappa shape index (κ3) is 3.86. The van der Waals surface area contributed by atoms with Crippen LogP contribution in [0.2, 0.25) is 0 Å². The molecule has 0 aliphatic rings. The maximum absolute atomic E-state index is 11.9. The largest absolute Gasteiger partial charge is 0.394 e. The summed E-state index contributed by atoms with van der Waals surface area (Å²) in [5.41, 5.74) is 0.939. The number of carbonyl (C=O) groups is 1. The van der Waals surface area contributed by atoms with E-state index in [9.17, 15) is 9.90 Å². The quantitative estimate of drug-likeness (QED) is 0.794. The minimum Gasteiger partial charge on any atom is -0.394 e. The fourth-order valence-corrected chi connectivity index (χ4v) is 1.87. The van der Waals surface area contributed by atoms with E-state index in [1.165, 1.54) is 0 Å². The Hall–Kier alpha value is -1.35. The molecule has 94 valence electrons. The molecule has 0 aromatic heterocycles. The van der Waals surface area contributed by atoms with Gasteiger partial charge >= 0.3 is 0 Å². The van der Waals surface area contributed by atoms with Gasteiger partial charge in [0.05, 0.1) is 12.6 Å². The van der Waals surface area contributed by atoms with E-state index in [2.05, 4.69) is 5.32 Å². The molecule has 0 heterocycles. The summed E-state index contributed by atoms with van der Waals surface area (Å²) in [4.78, 5) is 11.9. The molecule has 0 spiro atoms. The first-order valence-corrected chi connectivity index (χ1v) is 6.19. The Kier molecular flexibility index (Phi) is 5.70. The second-order valence-corrected chi connectivity index (χ2v) is 4.17. The highest BCUT2D eigenvalue weighted by atomic mass is 16.3. The van der Waals surface area contributed by atoms with Gasteiger partial charge in [-0.25, -0.2) is 0 Å². The molecule has 0 saturated heterocycles. The molecule has 17 heavy (non-hydrogen) atoms. The average molecular weight is 235 g/mol. The number of carbonyl (C=O) groups excluding carboxylic acids is 1. The number of benzene rings is 1. The van der Waals surface area contributed by atoms with Crippen LogP contribution in [0.4, 0.5) is 0 Å². The molecule has 2 N–H and O–H groups in total. The highest BCUT2D eigenvalue weighted by molar-refractivity contribution is 5.79. The molecule has 3 nitrogen and oxygen atoms in total. The molecule has 1 amide bonds. The number of nitrogens with one attached hydrogen (secondary N) is 1. The molecule has 0 aliphatic carbocycles. The van der Waals surface area contributed by atoms with Crippen LogP contribution >= 0.6 is 0 Å². The summed E-state index contributed by atoms with van der Waals surface area (Å²) in [6.45, 7) is 3.93. The van der Waals surface area contributed by atoms with Crippen LogP contribution in [0.3, 0.4) is 0 Å². The van der Waals surface area contributed by atoms with Crippen molar-refractivity contribution in [1.82, 2.24) is 5.32 Å². The molecular formula is C14H21NO2. The van der Waals surface area contributed by atoms with Crippen molar-refractivity contribution < 1.29 is 9.90 Å². The van der Waals surface area contributed by atoms with Crippen molar-refractivity contribution in [3.05, 3.63) is 35.9 Å². The van der Waals surface area contributed by atoms with Gasteiger partial charge in [0.25, 0.3) is 0 Å². The van der Waals surface area contributed by atoms with Gasteiger partial charge in [0.1, 0.15) is 0 Å². The summed E-state index contributed by atoms with van der Waals surface area (Å²) < 4.78 is 0. The van der Waals surface area contributed by atoms with Gasteiger partial charge in [-0.1, -0.05) is 44.2 Å². The molecule has 0 aliphatic heterocycles. The van der Waals surface area contributed by atoms with Gasteiger partial charge in [-0.2, -0.15) is 0 Å². The molecule has 3 heteroatoms. The van der Waals surface area contributed by atoms with Gasteiger partial charge < -0.3 is 10.4 Å². The lowest BCUT2D eigenvalue weighted by Crippen LogP contribution is -2.35. The van der Waals surface area contributed by atoms with E-state index in [4.69, 9.17) is 0 Å². The number of aliphatic hydroxyl groups is 1. The van der Waals surface area contributed by atoms with Crippen LogP contribution in [0.1, 0.15) is 38.3 Å². The Morgan fingerprint density at radius 2 is 1.82 bits per heavy atom. The first kappa shape index (κ1) is 13.7. The Morgan fingerprint density at radius 3 is 2.29 bits per heavy atom. The van der Waals surface area contributed by atoms with Crippen molar-refractivity contribution in [3.8, 4) is 0 Å². The van der Waals surface area contributed by atoms with Crippen LogP contribution in [0.15, 0.2) is 30.3 Å². The zero-order chi connectivity index (χ0) is 12.7. The summed E-state index contributed by atoms with van der Waals surface area (Å²) in [7, 11) is 0. The second kappa shape index (κ2) is 7.07. The molecule has 1 atom stereocenters. The van der Waals surface area contributed by atoms with Crippen LogP contribution in [0.25, 0.3) is 0 Å². The minimum atomic E-state index is -0.302. The van der Waals surface area contributed by atoms with Gasteiger partial charge in [-0.15, -0.1) is 0 Å². The standard InChI is InChI=1S/C14H21NO2/c1-3-11(4-2)14(17)15-13(10-16)12-8-6-5-7-9-12/h5-9,11,13,16H,3-4,10H2,1-2H3,(H,15,17)/t13-/m0/s1. The van der Waals surface area contributed by atoms with Crippen LogP contribution in [-0.2, 0) is 4.79 Å². The van der Waals surface area contributed by atoms with Crippen molar-refractivity contribution in [2.24, 2.45) is 5.92 Å². The number of amides is 1. The SMILES string of the molecule is CCC(CC)C(=O)N[C@@H](CO)c1ccccc1. The Bertz CT molecular complexity index is 333. The van der Waals surface area contributed by atoms with Crippen molar-refractivity contribution in [2.45, 2.75) is 32.7 Å². The minimum absolute atomic E-state index is 0.0258. The summed E-state index contributed by atoms with van der Waals surface area (Å²) in [6.07, 6.45) is 1.66. The van der Waals surface area contributed by atoms with E-state index >= 15 is 0 Å². The topological polar surface area (TPSA) is 49.3 Å². The van der Waals surface area contributed by atoms with Gasteiger partial charge in [-0.05, 0) is 18.4 Å². The zero-order valence-corrected chi connectivity index (χ0v) is 10.5. The van der Waals surface area contributed by atoms with Crippen LogP contribution in [-0.4, -0.2) is 17.6 Å². The van der Waals surface area contributed by atoms with E-state index in [-0.39, 0.29) is 24.5 Å². The second-order valence-electron chi connectivity index (χ2n) is 4.17. The number of hydrogen-bond donors (Lipinski definition) is 2. The highest BCUT2D eigenvalue weighted by Crippen LogP contribution is 2.14. The maximum atomic E-state index is 11.9. The van der Waals surface area contributed by atoms with Crippen molar-refractivity contribution in [3.63, 3.8) is 0 Å². The number of aliphatic hydroxyl groups excluding tert-OH is 1. The summed E-state index contributed by atoms with van der Waals surface area (Å²) >= 11 is 0. The van der Waals surface area contributed by atoms with Crippen LogP contribution in [0.5, 0.6) is 0 Å². The first-order valence-electron chi connectivity index (χ1n) is 6.19. The smallest absolute Gasteiger partial charge is 0.223 e. The van der Waals surface area contributed by atoms with Crippen molar-refractivity contribution >= 4 is 5.91 Å². The lowest BCUT2D eigenvalue weighted by molar-refractivity contribution is -0.126. The molecule has 1 rings (SSSR count). The van der Waals surface area contributed by atoms with Crippen molar-refractivity contribution in [1.29, 1.82) is 0 Å². The molecule has 0 fully saturated rings. The summed E-state index contributed by atoms with van der Waals surface area (Å²) in [5, 5.41) is 12.2. The number of rotatable bonds is 6. The van der Waals surface area contributed by atoms with Gasteiger partial charge in [-0.3, -0.25) is 4.79 Å². The third-order valence-electron chi connectivity index (χ3n) is 3.06.